The highest BCUT2D eigenvalue weighted by Crippen LogP contribution is 2.25. The lowest BCUT2D eigenvalue weighted by atomic mass is 9.87. The summed E-state index contributed by atoms with van der Waals surface area (Å²) in [5, 5.41) is 3.68. The third-order valence-electron chi connectivity index (χ3n) is 4.24. The summed E-state index contributed by atoms with van der Waals surface area (Å²) in [5.74, 6) is 1.84. The van der Waals surface area contributed by atoms with Gasteiger partial charge in [0.15, 0.2) is 0 Å². The first kappa shape index (κ1) is 13.0. The first-order chi connectivity index (χ1) is 7.24. The fraction of sp³-hybridized carbons (Fsp3) is 1.00. The van der Waals surface area contributed by atoms with Gasteiger partial charge in [0, 0.05) is 6.04 Å². The van der Waals surface area contributed by atoms with Gasteiger partial charge in [-0.25, -0.2) is 0 Å². The molecule has 0 spiro atoms. The predicted octanol–water partition coefficient (Wildman–Crippen LogP) is 3.98. The molecule has 1 saturated carbocycles. The van der Waals surface area contributed by atoms with Crippen molar-refractivity contribution in [2.75, 3.05) is 6.54 Å². The van der Waals surface area contributed by atoms with Crippen molar-refractivity contribution in [2.45, 2.75) is 71.8 Å². The predicted molar refractivity (Wildman–Crippen MR) is 68.1 cm³/mol. The van der Waals surface area contributed by atoms with Gasteiger partial charge in [-0.05, 0) is 31.7 Å². The molecule has 2 unspecified atom stereocenters. The molecule has 0 aromatic heterocycles. The van der Waals surface area contributed by atoms with Crippen LogP contribution in [0.25, 0.3) is 0 Å². The van der Waals surface area contributed by atoms with E-state index in [-0.39, 0.29) is 0 Å². The molecule has 2 atom stereocenters. The fourth-order valence-electron chi connectivity index (χ4n) is 2.55. The molecular formula is C14H29N. The Bertz CT molecular complexity index is 147. The Hall–Kier alpha value is -0.0400. The molecule has 0 aliphatic heterocycles. The Balaban J connectivity index is 2.04. The van der Waals surface area contributed by atoms with E-state index in [4.69, 9.17) is 0 Å². The average Bonchev–Trinajstić information content (AvgIpc) is 2.29. The van der Waals surface area contributed by atoms with E-state index in [9.17, 15) is 0 Å². The van der Waals surface area contributed by atoms with Crippen molar-refractivity contribution in [3.63, 3.8) is 0 Å². The molecule has 1 N–H and O–H groups in total. The summed E-state index contributed by atoms with van der Waals surface area (Å²) in [6.07, 6.45) is 10.1. The van der Waals surface area contributed by atoms with Gasteiger partial charge in [-0.2, -0.15) is 0 Å². The van der Waals surface area contributed by atoms with Gasteiger partial charge in [-0.3, -0.25) is 0 Å². The second kappa shape index (κ2) is 7.27. The Morgan fingerprint density at radius 1 is 1.13 bits per heavy atom. The molecule has 15 heavy (non-hydrogen) atoms. The molecule has 1 aliphatic carbocycles. The van der Waals surface area contributed by atoms with Crippen LogP contribution in [0.4, 0.5) is 0 Å². The van der Waals surface area contributed by atoms with Gasteiger partial charge in [0.25, 0.3) is 0 Å². The van der Waals surface area contributed by atoms with Gasteiger partial charge in [-0.15, -0.1) is 0 Å². The molecule has 1 nitrogen and oxygen atoms in total. The van der Waals surface area contributed by atoms with Gasteiger partial charge < -0.3 is 5.32 Å². The van der Waals surface area contributed by atoms with E-state index >= 15 is 0 Å². The fourth-order valence-corrected chi connectivity index (χ4v) is 2.55. The highest BCUT2D eigenvalue weighted by molar-refractivity contribution is 4.70. The van der Waals surface area contributed by atoms with Crippen LogP contribution >= 0.6 is 0 Å². The minimum Gasteiger partial charge on any atom is -0.314 e. The summed E-state index contributed by atoms with van der Waals surface area (Å²) >= 11 is 0. The average molecular weight is 211 g/mol. The summed E-state index contributed by atoms with van der Waals surface area (Å²) in [7, 11) is 0. The Labute approximate surface area is 96.0 Å². The molecule has 1 aliphatic rings. The summed E-state index contributed by atoms with van der Waals surface area (Å²) < 4.78 is 0. The van der Waals surface area contributed by atoms with Crippen molar-refractivity contribution in [3.8, 4) is 0 Å². The standard InChI is InChI=1S/C14H29N/c1-4-12(2)13(3)15-11-10-14-8-6-5-7-9-14/h12-15H,4-11H2,1-3H3. The highest BCUT2D eigenvalue weighted by Gasteiger charge is 2.14. The van der Waals surface area contributed by atoms with Crippen LogP contribution in [-0.2, 0) is 0 Å². The van der Waals surface area contributed by atoms with E-state index in [2.05, 4.69) is 26.1 Å². The monoisotopic (exact) mass is 211 g/mol. The Morgan fingerprint density at radius 3 is 2.40 bits per heavy atom. The van der Waals surface area contributed by atoms with Gasteiger partial charge in [0.2, 0.25) is 0 Å². The number of hydrogen-bond donors (Lipinski definition) is 1. The molecule has 0 saturated heterocycles. The topological polar surface area (TPSA) is 12.0 Å². The van der Waals surface area contributed by atoms with E-state index in [1.807, 2.05) is 0 Å². The molecule has 0 aromatic carbocycles. The number of nitrogens with one attached hydrogen (secondary N) is 1. The molecule has 0 heterocycles. The van der Waals surface area contributed by atoms with Crippen molar-refractivity contribution in [2.24, 2.45) is 11.8 Å². The molecule has 0 aromatic rings. The first-order valence-electron chi connectivity index (χ1n) is 6.97. The summed E-state index contributed by atoms with van der Waals surface area (Å²) in [6, 6.07) is 0.693. The smallest absolute Gasteiger partial charge is 0.00642 e. The largest absolute Gasteiger partial charge is 0.314 e. The summed E-state index contributed by atoms with van der Waals surface area (Å²) in [4.78, 5) is 0. The maximum atomic E-state index is 3.68. The van der Waals surface area contributed by atoms with E-state index in [1.54, 1.807) is 0 Å². The van der Waals surface area contributed by atoms with Crippen LogP contribution in [0.5, 0.6) is 0 Å². The van der Waals surface area contributed by atoms with Crippen molar-refractivity contribution in [3.05, 3.63) is 0 Å². The van der Waals surface area contributed by atoms with Crippen LogP contribution in [-0.4, -0.2) is 12.6 Å². The zero-order valence-electron chi connectivity index (χ0n) is 10.9. The first-order valence-corrected chi connectivity index (χ1v) is 6.97. The van der Waals surface area contributed by atoms with Crippen molar-refractivity contribution in [1.29, 1.82) is 0 Å². The maximum absolute atomic E-state index is 3.68. The molecule has 0 radical (unpaired) electrons. The lowest BCUT2D eigenvalue weighted by molar-refractivity contribution is 0.315. The van der Waals surface area contributed by atoms with Crippen molar-refractivity contribution in [1.82, 2.24) is 5.32 Å². The quantitative estimate of drug-likeness (QED) is 0.700. The summed E-state index contributed by atoms with van der Waals surface area (Å²) in [6.45, 7) is 8.19. The van der Waals surface area contributed by atoms with Gasteiger partial charge in [0.1, 0.15) is 0 Å². The lowest BCUT2D eigenvalue weighted by Gasteiger charge is -2.24. The SMILES string of the molecule is CCC(C)C(C)NCCC1CCCCC1. The Morgan fingerprint density at radius 2 is 1.80 bits per heavy atom. The normalized spacial score (nSPS) is 22.6. The summed E-state index contributed by atoms with van der Waals surface area (Å²) in [5.41, 5.74) is 0. The van der Waals surface area contributed by atoms with E-state index in [0.29, 0.717) is 6.04 Å². The van der Waals surface area contributed by atoms with Crippen LogP contribution in [0.3, 0.4) is 0 Å². The maximum Gasteiger partial charge on any atom is 0.00642 e. The second-order valence-corrected chi connectivity index (χ2v) is 5.42. The number of rotatable bonds is 6. The molecule has 0 amide bonds. The van der Waals surface area contributed by atoms with Crippen LogP contribution in [0.2, 0.25) is 0 Å². The zero-order chi connectivity index (χ0) is 11.1. The van der Waals surface area contributed by atoms with Gasteiger partial charge >= 0.3 is 0 Å². The number of hydrogen-bond acceptors (Lipinski definition) is 1. The third kappa shape index (κ3) is 5.01. The Kier molecular flexibility index (Phi) is 6.31. The molecular weight excluding hydrogens is 182 g/mol. The van der Waals surface area contributed by atoms with Crippen molar-refractivity contribution >= 4 is 0 Å². The zero-order valence-corrected chi connectivity index (χ0v) is 10.9. The highest BCUT2D eigenvalue weighted by atomic mass is 14.9. The van der Waals surface area contributed by atoms with Crippen LogP contribution in [0.15, 0.2) is 0 Å². The minimum absolute atomic E-state index is 0.693. The van der Waals surface area contributed by atoms with Crippen molar-refractivity contribution < 1.29 is 0 Å². The van der Waals surface area contributed by atoms with E-state index in [1.165, 1.54) is 51.5 Å². The molecule has 0 bridgehead atoms. The van der Waals surface area contributed by atoms with Gasteiger partial charge in [0.05, 0.1) is 0 Å². The van der Waals surface area contributed by atoms with Crippen LogP contribution in [0, 0.1) is 11.8 Å². The molecule has 1 heteroatoms. The second-order valence-electron chi connectivity index (χ2n) is 5.42. The van der Waals surface area contributed by atoms with Crippen LogP contribution in [0.1, 0.15) is 65.7 Å². The third-order valence-corrected chi connectivity index (χ3v) is 4.24. The molecule has 1 fully saturated rings. The van der Waals surface area contributed by atoms with Gasteiger partial charge in [-0.1, -0.05) is 52.4 Å². The van der Waals surface area contributed by atoms with Crippen LogP contribution < -0.4 is 5.32 Å². The minimum atomic E-state index is 0.693. The van der Waals surface area contributed by atoms with E-state index < -0.39 is 0 Å². The molecule has 90 valence electrons. The van der Waals surface area contributed by atoms with E-state index in [0.717, 1.165) is 11.8 Å². The molecule has 1 rings (SSSR count). The lowest BCUT2D eigenvalue weighted by Crippen LogP contribution is -2.33.